The molecular weight excluding hydrogens is 134 g/mol. The van der Waals surface area contributed by atoms with Gasteiger partial charge in [0.15, 0.2) is 0 Å². The molecule has 1 aliphatic rings. The van der Waals surface area contributed by atoms with Gasteiger partial charge < -0.3 is 0 Å². The van der Waals surface area contributed by atoms with E-state index in [9.17, 15) is 0 Å². The Morgan fingerprint density at radius 3 is 3.00 bits per heavy atom. The van der Waals surface area contributed by atoms with Gasteiger partial charge in [-0.05, 0) is 35.4 Å². The second-order valence-corrected chi connectivity index (χ2v) is 3.54. The lowest BCUT2D eigenvalue weighted by Gasteiger charge is -2.07. The van der Waals surface area contributed by atoms with Crippen molar-refractivity contribution in [2.45, 2.75) is 26.2 Å². The van der Waals surface area contributed by atoms with Crippen LogP contribution in [0, 0.1) is 5.92 Å². The SMILES string of the molecule is CC1Cc2ccncc2[C@H]1C. The highest BCUT2D eigenvalue weighted by Gasteiger charge is 2.24. The van der Waals surface area contributed by atoms with Gasteiger partial charge in [-0.25, -0.2) is 0 Å². The van der Waals surface area contributed by atoms with Gasteiger partial charge in [0, 0.05) is 12.4 Å². The van der Waals surface area contributed by atoms with E-state index in [1.165, 1.54) is 17.5 Å². The average molecular weight is 147 g/mol. The van der Waals surface area contributed by atoms with E-state index in [4.69, 9.17) is 0 Å². The van der Waals surface area contributed by atoms with E-state index in [-0.39, 0.29) is 0 Å². The molecule has 1 heteroatoms. The highest BCUT2D eigenvalue weighted by Crippen LogP contribution is 2.36. The van der Waals surface area contributed by atoms with Crippen molar-refractivity contribution in [1.82, 2.24) is 4.98 Å². The number of aromatic nitrogens is 1. The van der Waals surface area contributed by atoms with Crippen LogP contribution in [0.4, 0.5) is 0 Å². The Bertz CT molecular complexity index is 267. The maximum absolute atomic E-state index is 4.14. The predicted octanol–water partition coefficient (Wildman–Crippen LogP) is 2.38. The van der Waals surface area contributed by atoms with E-state index < -0.39 is 0 Å². The van der Waals surface area contributed by atoms with Crippen LogP contribution in [0.1, 0.15) is 30.9 Å². The van der Waals surface area contributed by atoms with Crippen LogP contribution in [-0.2, 0) is 6.42 Å². The minimum Gasteiger partial charge on any atom is -0.264 e. The zero-order chi connectivity index (χ0) is 7.84. The Hall–Kier alpha value is -0.850. The molecule has 11 heavy (non-hydrogen) atoms. The summed E-state index contributed by atoms with van der Waals surface area (Å²) in [6, 6.07) is 2.15. The molecule has 58 valence electrons. The number of nitrogens with zero attached hydrogens (tertiary/aromatic N) is 1. The standard InChI is InChI=1S/C10H13N/c1-7-5-9-3-4-11-6-10(9)8(7)2/h3-4,6-8H,5H2,1-2H3/t7?,8-/m0/s1. The molecule has 0 aromatic carbocycles. The van der Waals surface area contributed by atoms with Gasteiger partial charge in [-0.15, -0.1) is 0 Å². The molecule has 0 saturated heterocycles. The third-order valence-electron chi connectivity index (χ3n) is 2.83. The summed E-state index contributed by atoms with van der Waals surface area (Å²) < 4.78 is 0. The maximum Gasteiger partial charge on any atom is 0.0305 e. The van der Waals surface area contributed by atoms with Crippen molar-refractivity contribution in [3.63, 3.8) is 0 Å². The van der Waals surface area contributed by atoms with E-state index in [1.54, 1.807) is 0 Å². The molecule has 0 fully saturated rings. The fourth-order valence-corrected chi connectivity index (χ4v) is 1.86. The summed E-state index contributed by atoms with van der Waals surface area (Å²) in [6.07, 6.45) is 5.14. The third-order valence-corrected chi connectivity index (χ3v) is 2.83. The normalized spacial score (nSPS) is 28.5. The van der Waals surface area contributed by atoms with E-state index in [1.807, 2.05) is 12.4 Å². The van der Waals surface area contributed by atoms with E-state index >= 15 is 0 Å². The van der Waals surface area contributed by atoms with Crippen LogP contribution in [0.2, 0.25) is 0 Å². The molecule has 1 aromatic heterocycles. The van der Waals surface area contributed by atoms with Gasteiger partial charge in [0.05, 0.1) is 0 Å². The fourth-order valence-electron chi connectivity index (χ4n) is 1.86. The summed E-state index contributed by atoms with van der Waals surface area (Å²) in [5.74, 6) is 1.51. The monoisotopic (exact) mass is 147 g/mol. The lowest BCUT2D eigenvalue weighted by atomic mass is 9.98. The predicted molar refractivity (Wildman–Crippen MR) is 45.5 cm³/mol. The van der Waals surface area contributed by atoms with Crippen LogP contribution in [-0.4, -0.2) is 4.98 Å². The number of hydrogen-bond donors (Lipinski definition) is 0. The summed E-state index contributed by atoms with van der Waals surface area (Å²) >= 11 is 0. The largest absolute Gasteiger partial charge is 0.264 e. The van der Waals surface area contributed by atoms with Crippen molar-refractivity contribution in [2.24, 2.45) is 5.92 Å². The van der Waals surface area contributed by atoms with Gasteiger partial charge in [-0.2, -0.15) is 0 Å². The molecule has 1 nitrogen and oxygen atoms in total. The second-order valence-electron chi connectivity index (χ2n) is 3.54. The summed E-state index contributed by atoms with van der Waals surface area (Å²) in [6.45, 7) is 4.60. The molecule has 0 N–H and O–H groups in total. The zero-order valence-corrected chi connectivity index (χ0v) is 7.04. The van der Waals surface area contributed by atoms with Crippen LogP contribution in [0.5, 0.6) is 0 Å². The van der Waals surface area contributed by atoms with Gasteiger partial charge in [0.2, 0.25) is 0 Å². The molecule has 1 unspecified atom stereocenters. The highest BCUT2D eigenvalue weighted by molar-refractivity contribution is 5.32. The number of rotatable bonds is 0. The van der Waals surface area contributed by atoms with Crippen LogP contribution in [0.25, 0.3) is 0 Å². The average Bonchev–Trinajstić information content (AvgIpc) is 2.30. The van der Waals surface area contributed by atoms with Gasteiger partial charge in [-0.3, -0.25) is 4.98 Å². The van der Waals surface area contributed by atoms with Crippen molar-refractivity contribution in [3.8, 4) is 0 Å². The minimum atomic E-state index is 0.707. The van der Waals surface area contributed by atoms with Gasteiger partial charge in [0.1, 0.15) is 0 Å². The topological polar surface area (TPSA) is 12.9 Å². The molecule has 0 radical (unpaired) electrons. The molecule has 2 atom stereocenters. The molecule has 0 aliphatic heterocycles. The van der Waals surface area contributed by atoms with Gasteiger partial charge in [0.25, 0.3) is 0 Å². The first-order chi connectivity index (χ1) is 5.29. The first-order valence-electron chi connectivity index (χ1n) is 4.22. The highest BCUT2D eigenvalue weighted by atomic mass is 14.6. The van der Waals surface area contributed by atoms with E-state index in [0.29, 0.717) is 5.92 Å². The van der Waals surface area contributed by atoms with Crippen molar-refractivity contribution in [1.29, 1.82) is 0 Å². The summed E-state index contributed by atoms with van der Waals surface area (Å²) in [7, 11) is 0. The Kier molecular flexibility index (Phi) is 1.45. The van der Waals surface area contributed by atoms with Crippen LogP contribution in [0.3, 0.4) is 0 Å². The Labute approximate surface area is 67.5 Å². The second kappa shape index (κ2) is 2.33. The minimum absolute atomic E-state index is 0.707. The number of hydrogen-bond acceptors (Lipinski definition) is 1. The summed E-state index contributed by atoms with van der Waals surface area (Å²) in [5.41, 5.74) is 2.96. The Balaban J connectivity index is 2.47. The first kappa shape index (κ1) is 6.84. The molecule has 1 aliphatic carbocycles. The molecule has 0 saturated carbocycles. The van der Waals surface area contributed by atoms with Crippen molar-refractivity contribution in [3.05, 3.63) is 29.6 Å². The van der Waals surface area contributed by atoms with Crippen LogP contribution < -0.4 is 0 Å². The molecular formula is C10H13N. The smallest absolute Gasteiger partial charge is 0.0305 e. The maximum atomic E-state index is 4.14. The first-order valence-corrected chi connectivity index (χ1v) is 4.22. The fraction of sp³-hybridized carbons (Fsp3) is 0.500. The Morgan fingerprint density at radius 2 is 2.27 bits per heavy atom. The molecule has 0 bridgehead atoms. The zero-order valence-electron chi connectivity index (χ0n) is 7.04. The molecule has 1 aromatic rings. The molecule has 0 amide bonds. The molecule has 1 heterocycles. The quantitative estimate of drug-likeness (QED) is 0.549. The Morgan fingerprint density at radius 1 is 1.45 bits per heavy atom. The van der Waals surface area contributed by atoms with E-state index in [0.717, 1.165) is 5.92 Å². The van der Waals surface area contributed by atoms with Gasteiger partial charge >= 0.3 is 0 Å². The van der Waals surface area contributed by atoms with Crippen molar-refractivity contribution in [2.75, 3.05) is 0 Å². The van der Waals surface area contributed by atoms with Crippen molar-refractivity contribution >= 4 is 0 Å². The van der Waals surface area contributed by atoms with E-state index in [2.05, 4.69) is 24.9 Å². The van der Waals surface area contributed by atoms with Crippen LogP contribution in [0.15, 0.2) is 18.5 Å². The number of fused-ring (bicyclic) bond motifs is 1. The molecule has 0 spiro atoms. The van der Waals surface area contributed by atoms with Gasteiger partial charge in [-0.1, -0.05) is 13.8 Å². The van der Waals surface area contributed by atoms with Crippen molar-refractivity contribution < 1.29 is 0 Å². The number of pyridine rings is 1. The lowest BCUT2D eigenvalue weighted by Crippen LogP contribution is -1.97. The van der Waals surface area contributed by atoms with Crippen LogP contribution >= 0.6 is 0 Å². The summed E-state index contributed by atoms with van der Waals surface area (Å²) in [4.78, 5) is 4.14. The third kappa shape index (κ3) is 0.953. The summed E-state index contributed by atoms with van der Waals surface area (Å²) in [5, 5.41) is 0. The molecule has 2 rings (SSSR count). The lowest BCUT2D eigenvalue weighted by molar-refractivity contribution is 0.531.